The first-order valence-corrected chi connectivity index (χ1v) is 22.8. The Morgan fingerprint density at radius 1 is 0.411 bits per heavy atom. The Bertz CT molecular complexity index is 1560. The fourth-order valence-corrected chi connectivity index (χ4v) is 9.79. The number of hydrogen-bond acceptors (Lipinski definition) is 4. The number of benzene rings is 4. The average molecular weight is 757 g/mol. The van der Waals surface area contributed by atoms with E-state index in [1.165, 1.54) is 159 Å². The monoisotopic (exact) mass is 757 g/mol. The fourth-order valence-electron chi connectivity index (χ4n) is 9.79. The van der Waals surface area contributed by atoms with Gasteiger partial charge in [0.2, 0.25) is 0 Å². The highest BCUT2D eigenvalue weighted by molar-refractivity contribution is 5.47. The highest BCUT2D eigenvalue weighted by Gasteiger charge is 2.38. The summed E-state index contributed by atoms with van der Waals surface area (Å²) in [4.78, 5) is 0. The van der Waals surface area contributed by atoms with Gasteiger partial charge in [-0.15, -0.1) is 0 Å². The second-order valence-electron chi connectivity index (χ2n) is 17.6. The molecule has 4 aromatic carbocycles. The molecule has 0 aliphatic heterocycles. The van der Waals surface area contributed by atoms with Crippen LogP contribution >= 0.6 is 0 Å². The zero-order chi connectivity index (χ0) is 38.8. The van der Waals surface area contributed by atoms with Crippen LogP contribution in [0.4, 0.5) is 11.4 Å². The molecule has 0 unspecified atom stereocenters. The molecule has 56 heavy (non-hydrogen) atoms. The van der Waals surface area contributed by atoms with Gasteiger partial charge in [-0.3, -0.25) is 0 Å². The van der Waals surface area contributed by atoms with E-state index in [-0.39, 0.29) is 5.41 Å². The first kappa shape index (κ1) is 41.7. The van der Waals surface area contributed by atoms with Gasteiger partial charge in [0.15, 0.2) is 0 Å². The number of hydrogen-bond donors (Lipinski definition) is 2. The predicted octanol–water partition coefficient (Wildman–Crippen LogP) is 15.6. The van der Waals surface area contributed by atoms with E-state index in [0.717, 1.165) is 52.1 Å². The third kappa shape index (κ3) is 12.8. The quantitative estimate of drug-likeness (QED) is 0.0619. The Kier molecular flexibility index (Phi) is 16.5. The van der Waals surface area contributed by atoms with Gasteiger partial charge in [-0.2, -0.15) is 0 Å². The number of nitrogen functional groups attached to an aromatic ring is 2. The van der Waals surface area contributed by atoms with Crippen molar-refractivity contribution in [3.05, 3.63) is 108 Å². The fraction of sp³-hybridized carbons (Fsp3) is 0.538. The van der Waals surface area contributed by atoms with Crippen molar-refractivity contribution in [2.45, 2.75) is 160 Å². The van der Waals surface area contributed by atoms with E-state index >= 15 is 0 Å². The van der Waals surface area contributed by atoms with Gasteiger partial charge in [-0.1, -0.05) is 153 Å². The number of ether oxygens (including phenoxy) is 2. The van der Waals surface area contributed by atoms with Crippen molar-refractivity contribution in [3.8, 4) is 23.0 Å². The van der Waals surface area contributed by atoms with E-state index in [2.05, 4.69) is 55.5 Å². The minimum Gasteiger partial charge on any atom is -0.457 e. The molecule has 4 N–H and O–H groups in total. The normalized spacial score (nSPS) is 18.4. The molecule has 4 nitrogen and oxygen atoms in total. The van der Waals surface area contributed by atoms with E-state index in [1.807, 2.05) is 48.5 Å². The molecule has 0 saturated heterocycles. The topological polar surface area (TPSA) is 70.5 Å². The van der Waals surface area contributed by atoms with Gasteiger partial charge < -0.3 is 20.9 Å². The van der Waals surface area contributed by atoms with E-state index in [1.54, 1.807) is 0 Å². The molecule has 0 heterocycles. The highest BCUT2D eigenvalue weighted by Crippen LogP contribution is 2.49. The summed E-state index contributed by atoms with van der Waals surface area (Å²) in [6.07, 6.45) is 32.5. The molecule has 0 radical (unpaired) electrons. The molecule has 4 heteroatoms. The largest absolute Gasteiger partial charge is 0.457 e. The molecule has 0 bridgehead atoms. The third-order valence-electron chi connectivity index (χ3n) is 13.4. The van der Waals surface area contributed by atoms with Crippen molar-refractivity contribution in [3.63, 3.8) is 0 Å². The average Bonchev–Trinajstić information content (AvgIpc) is 3.23. The van der Waals surface area contributed by atoms with E-state index in [9.17, 15) is 0 Å². The molecule has 4 aromatic rings. The highest BCUT2D eigenvalue weighted by atomic mass is 16.5. The Balaban J connectivity index is 0.958. The predicted molar refractivity (Wildman–Crippen MR) is 238 cm³/mol. The first-order chi connectivity index (χ1) is 27.5. The van der Waals surface area contributed by atoms with Crippen molar-refractivity contribution in [1.82, 2.24) is 0 Å². The lowest BCUT2D eigenvalue weighted by atomic mass is 9.62. The molecule has 0 amide bonds. The SMILES string of the molecule is CCCCCCCCCCCCCC[C@H]1CC[C@H](CCC2CCC(c3ccc(Oc4ccc(N)cc4)cc3)(c3ccc(Oc4ccc(N)cc4)cc3)CC2)CC1. The minimum atomic E-state index is -0.0259. The molecule has 2 saturated carbocycles. The lowest BCUT2D eigenvalue weighted by Gasteiger charge is -2.42. The maximum absolute atomic E-state index is 6.18. The Labute approximate surface area is 340 Å². The minimum absolute atomic E-state index is 0.0259. The maximum Gasteiger partial charge on any atom is 0.127 e. The standard InChI is InChI=1S/C52H72N2O2/c1-2-3-4-5-6-7-8-9-10-11-12-13-14-41-15-17-42(18-16-41)19-20-43-37-39-52(40-38-43,44-21-29-48(30-22-44)55-50-33-25-46(53)26-34-50)45-23-31-49(32-24-45)56-51-35-27-47(54)28-36-51/h21-36,41-43H,2-20,37-40,53-54H2,1H3/t41-,42-. The van der Waals surface area contributed by atoms with Gasteiger partial charge in [0.25, 0.3) is 0 Å². The molecule has 2 aliphatic rings. The second kappa shape index (κ2) is 22.1. The number of anilines is 2. The third-order valence-corrected chi connectivity index (χ3v) is 13.4. The molecule has 0 atom stereocenters. The smallest absolute Gasteiger partial charge is 0.127 e. The molecule has 302 valence electrons. The van der Waals surface area contributed by atoms with E-state index in [0.29, 0.717) is 0 Å². The number of rotatable bonds is 22. The van der Waals surface area contributed by atoms with Gasteiger partial charge in [0, 0.05) is 16.8 Å². The van der Waals surface area contributed by atoms with Crippen molar-refractivity contribution < 1.29 is 9.47 Å². The maximum atomic E-state index is 6.18. The van der Waals surface area contributed by atoms with Crippen LogP contribution in [-0.4, -0.2) is 0 Å². The summed E-state index contributed by atoms with van der Waals surface area (Å²) in [6.45, 7) is 2.31. The number of nitrogens with two attached hydrogens (primary N) is 2. The van der Waals surface area contributed by atoms with Crippen molar-refractivity contribution >= 4 is 11.4 Å². The van der Waals surface area contributed by atoms with Crippen LogP contribution in [0, 0.1) is 17.8 Å². The lowest BCUT2D eigenvalue weighted by Crippen LogP contribution is -2.33. The van der Waals surface area contributed by atoms with Crippen LogP contribution in [-0.2, 0) is 5.41 Å². The van der Waals surface area contributed by atoms with Gasteiger partial charge in [-0.05, 0) is 127 Å². The summed E-state index contributed by atoms with van der Waals surface area (Å²) in [7, 11) is 0. The zero-order valence-electron chi connectivity index (χ0n) is 34.7. The van der Waals surface area contributed by atoms with Crippen LogP contribution in [0.15, 0.2) is 97.1 Å². The molecule has 2 fully saturated rings. The number of unbranched alkanes of at least 4 members (excludes halogenated alkanes) is 11. The summed E-state index contributed by atoms with van der Waals surface area (Å²) >= 11 is 0. The molecule has 0 spiro atoms. The summed E-state index contributed by atoms with van der Waals surface area (Å²) in [6, 6.07) is 32.9. The summed E-state index contributed by atoms with van der Waals surface area (Å²) < 4.78 is 12.4. The Hall–Kier alpha value is -3.92. The Morgan fingerprint density at radius 2 is 0.732 bits per heavy atom. The molecule has 2 aliphatic carbocycles. The van der Waals surface area contributed by atoms with Crippen LogP contribution in [0.5, 0.6) is 23.0 Å². The summed E-state index contributed by atoms with van der Waals surface area (Å²) in [5, 5.41) is 0. The van der Waals surface area contributed by atoms with E-state index < -0.39 is 0 Å². The molecule has 0 aromatic heterocycles. The van der Waals surface area contributed by atoms with Gasteiger partial charge >= 0.3 is 0 Å². The molecular weight excluding hydrogens is 685 g/mol. The first-order valence-electron chi connectivity index (χ1n) is 22.8. The van der Waals surface area contributed by atoms with Crippen LogP contribution in [0.1, 0.15) is 166 Å². The van der Waals surface area contributed by atoms with Crippen LogP contribution in [0.25, 0.3) is 0 Å². The van der Waals surface area contributed by atoms with Crippen molar-refractivity contribution in [2.75, 3.05) is 11.5 Å². The van der Waals surface area contributed by atoms with E-state index in [4.69, 9.17) is 20.9 Å². The molecule has 6 rings (SSSR count). The van der Waals surface area contributed by atoms with Crippen molar-refractivity contribution in [1.29, 1.82) is 0 Å². The zero-order valence-corrected chi connectivity index (χ0v) is 34.7. The lowest BCUT2D eigenvalue weighted by molar-refractivity contribution is 0.208. The van der Waals surface area contributed by atoms with Gasteiger partial charge in [0.1, 0.15) is 23.0 Å². The van der Waals surface area contributed by atoms with Gasteiger partial charge in [0.05, 0.1) is 0 Å². The van der Waals surface area contributed by atoms with Crippen molar-refractivity contribution in [2.24, 2.45) is 17.8 Å². The second-order valence-corrected chi connectivity index (χ2v) is 17.6. The van der Waals surface area contributed by atoms with Crippen LogP contribution < -0.4 is 20.9 Å². The summed E-state index contributed by atoms with van der Waals surface area (Å²) in [5.74, 6) is 6.05. The van der Waals surface area contributed by atoms with Gasteiger partial charge in [-0.25, -0.2) is 0 Å². The molecular formula is C52H72N2O2. The van der Waals surface area contributed by atoms with Crippen LogP contribution in [0.2, 0.25) is 0 Å². The Morgan fingerprint density at radius 3 is 1.12 bits per heavy atom. The van der Waals surface area contributed by atoms with Crippen LogP contribution in [0.3, 0.4) is 0 Å². The summed E-state index contributed by atoms with van der Waals surface area (Å²) in [5.41, 5.74) is 16.0.